The van der Waals surface area contributed by atoms with Crippen LogP contribution in [0.4, 0.5) is 0 Å². The largest absolute Gasteiger partial charge is 0.463 e. The maximum Gasteiger partial charge on any atom is 0.373 e. The number of hydrogen-bond acceptors (Lipinski definition) is 4. The molecule has 1 aromatic heterocycles. The molecular weight excluding hydrogens is 206 g/mol. The van der Waals surface area contributed by atoms with E-state index in [1.165, 1.54) is 7.11 Å². The fourth-order valence-corrected chi connectivity index (χ4v) is 1.52. The number of ether oxygens (including phenoxy) is 1. The van der Waals surface area contributed by atoms with Gasteiger partial charge in [-0.15, -0.1) is 0 Å². The van der Waals surface area contributed by atoms with E-state index in [9.17, 15) is 4.79 Å². The Morgan fingerprint density at radius 2 is 2.12 bits per heavy atom. The number of carbonyl (C=O) groups is 1. The topological polar surface area (TPSA) is 65.5 Å². The Hall–Kier alpha value is -1.29. The van der Waals surface area contributed by atoms with Crippen LogP contribution in [0.1, 0.15) is 49.5 Å². The quantitative estimate of drug-likeness (QED) is 0.803. The Balaban J connectivity index is 2.74. The van der Waals surface area contributed by atoms with Gasteiger partial charge in [0.15, 0.2) is 0 Å². The van der Waals surface area contributed by atoms with Crippen LogP contribution < -0.4 is 5.73 Å². The summed E-state index contributed by atoms with van der Waals surface area (Å²) in [5.74, 6) is 0.339. The van der Waals surface area contributed by atoms with Crippen molar-refractivity contribution in [2.24, 2.45) is 11.1 Å². The molecule has 0 spiro atoms. The number of methoxy groups -OCH3 is 1. The van der Waals surface area contributed by atoms with Crippen LogP contribution in [0, 0.1) is 5.41 Å². The molecule has 4 heteroatoms. The predicted molar refractivity (Wildman–Crippen MR) is 61.0 cm³/mol. The average molecular weight is 225 g/mol. The van der Waals surface area contributed by atoms with E-state index >= 15 is 0 Å². The van der Waals surface area contributed by atoms with Gasteiger partial charge in [0.25, 0.3) is 0 Å². The monoisotopic (exact) mass is 225 g/mol. The van der Waals surface area contributed by atoms with Gasteiger partial charge in [-0.2, -0.15) is 0 Å². The molecule has 0 aliphatic carbocycles. The van der Waals surface area contributed by atoms with E-state index in [0.29, 0.717) is 5.76 Å². The van der Waals surface area contributed by atoms with Gasteiger partial charge < -0.3 is 14.9 Å². The summed E-state index contributed by atoms with van der Waals surface area (Å²) in [4.78, 5) is 11.2. The number of carbonyl (C=O) groups excluding carboxylic acids is 1. The summed E-state index contributed by atoms with van der Waals surface area (Å²) in [6.07, 6.45) is 0.793. The van der Waals surface area contributed by atoms with Crippen LogP contribution in [0.3, 0.4) is 0 Å². The Morgan fingerprint density at radius 1 is 1.50 bits per heavy atom. The zero-order chi connectivity index (χ0) is 12.3. The number of hydrogen-bond donors (Lipinski definition) is 1. The smallest absolute Gasteiger partial charge is 0.373 e. The highest BCUT2D eigenvalue weighted by Gasteiger charge is 2.21. The predicted octanol–water partition coefficient (Wildman–Crippen LogP) is 2.50. The zero-order valence-electron chi connectivity index (χ0n) is 10.2. The molecule has 0 aliphatic rings. The van der Waals surface area contributed by atoms with E-state index in [1.807, 2.05) is 0 Å². The zero-order valence-corrected chi connectivity index (χ0v) is 10.2. The molecule has 0 radical (unpaired) electrons. The molecule has 1 heterocycles. The van der Waals surface area contributed by atoms with Crippen LogP contribution >= 0.6 is 0 Å². The summed E-state index contributed by atoms with van der Waals surface area (Å²) in [6.45, 7) is 6.32. The lowest BCUT2D eigenvalue weighted by Crippen LogP contribution is -2.18. The first-order valence-corrected chi connectivity index (χ1v) is 5.27. The second-order valence-electron chi connectivity index (χ2n) is 5.06. The third-order valence-electron chi connectivity index (χ3n) is 2.21. The average Bonchev–Trinajstić information content (AvgIpc) is 2.62. The summed E-state index contributed by atoms with van der Waals surface area (Å²) >= 11 is 0. The minimum absolute atomic E-state index is 0.123. The second-order valence-corrected chi connectivity index (χ2v) is 5.06. The molecule has 1 atom stereocenters. The maximum atomic E-state index is 11.2. The lowest BCUT2D eigenvalue weighted by atomic mass is 9.88. The summed E-state index contributed by atoms with van der Waals surface area (Å²) in [5.41, 5.74) is 6.11. The van der Waals surface area contributed by atoms with E-state index in [-0.39, 0.29) is 17.2 Å². The first-order valence-electron chi connectivity index (χ1n) is 5.27. The Kier molecular flexibility index (Phi) is 3.75. The van der Waals surface area contributed by atoms with Crippen LogP contribution in [-0.4, -0.2) is 13.1 Å². The lowest BCUT2D eigenvalue weighted by molar-refractivity contribution is 0.0562. The Morgan fingerprint density at radius 3 is 2.62 bits per heavy atom. The number of nitrogens with two attached hydrogens (primary N) is 1. The van der Waals surface area contributed by atoms with Crippen molar-refractivity contribution in [1.82, 2.24) is 0 Å². The van der Waals surface area contributed by atoms with Crippen LogP contribution in [0.5, 0.6) is 0 Å². The lowest BCUT2D eigenvalue weighted by Gasteiger charge is -2.21. The molecule has 0 amide bonds. The molecule has 1 rings (SSSR count). The second kappa shape index (κ2) is 4.70. The summed E-state index contributed by atoms with van der Waals surface area (Å²) in [7, 11) is 1.32. The minimum atomic E-state index is -0.478. The molecule has 0 aromatic carbocycles. The fraction of sp³-hybridized carbons (Fsp3) is 0.583. The van der Waals surface area contributed by atoms with Gasteiger partial charge in [0.2, 0.25) is 5.76 Å². The Bertz CT molecular complexity index is 363. The van der Waals surface area contributed by atoms with E-state index in [2.05, 4.69) is 25.5 Å². The highest BCUT2D eigenvalue weighted by atomic mass is 16.5. The Labute approximate surface area is 95.8 Å². The van der Waals surface area contributed by atoms with E-state index < -0.39 is 5.97 Å². The van der Waals surface area contributed by atoms with Crippen molar-refractivity contribution in [3.63, 3.8) is 0 Å². The van der Waals surface area contributed by atoms with Crippen molar-refractivity contribution >= 4 is 5.97 Å². The van der Waals surface area contributed by atoms with Gasteiger partial charge >= 0.3 is 5.97 Å². The molecule has 16 heavy (non-hydrogen) atoms. The highest BCUT2D eigenvalue weighted by Crippen LogP contribution is 2.28. The van der Waals surface area contributed by atoms with Crippen molar-refractivity contribution in [2.75, 3.05) is 7.11 Å². The molecular formula is C12H19NO3. The van der Waals surface area contributed by atoms with Gasteiger partial charge in [-0.05, 0) is 24.0 Å². The molecule has 0 aliphatic heterocycles. The van der Waals surface area contributed by atoms with Gasteiger partial charge in [0.1, 0.15) is 5.76 Å². The summed E-state index contributed by atoms with van der Waals surface area (Å²) < 4.78 is 9.90. The van der Waals surface area contributed by atoms with Gasteiger partial charge in [-0.25, -0.2) is 4.79 Å². The van der Waals surface area contributed by atoms with Crippen LogP contribution in [0.25, 0.3) is 0 Å². The van der Waals surface area contributed by atoms with E-state index in [4.69, 9.17) is 10.2 Å². The van der Waals surface area contributed by atoms with Crippen LogP contribution in [0.2, 0.25) is 0 Å². The third kappa shape index (κ3) is 3.38. The summed E-state index contributed by atoms with van der Waals surface area (Å²) in [6, 6.07) is 3.12. The molecule has 1 unspecified atom stereocenters. The van der Waals surface area contributed by atoms with Gasteiger partial charge in [0.05, 0.1) is 13.2 Å². The highest BCUT2D eigenvalue weighted by molar-refractivity contribution is 5.86. The molecule has 0 bridgehead atoms. The van der Waals surface area contributed by atoms with Crippen molar-refractivity contribution in [3.8, 4) is 0 Å². The van der Waals surface area contributed by atoms with Crippen LogP contribution in [0.15, 0.2) is 16.5 Å². The molecule has 4 nitrogen and oxygen atoms in total. The van der Waals surface area contributed by atoms with Crippen LogP contribution in [-0.2, 0) is 4.74 Å². The molecule has 0 saturated carbocycles. The maximum absolute atomic E-state index is 11.2. The van der Waals surface area contributed by atoms with Crippen molar-refractivity contribution in [1.29, 1.82) is 0 Å². The number of furan rings is 1. The van der Waals surface area contributed by atoms with Crippen molar-refractivity contribution in [3.05, 3.63) is 23.7 Å². The first-order chi connectivity index (χ1) is 7.33. The van der Waals surface area contributed by atoms with Gasteiger partial charge in [0, 0.05) is 0 Å². The molecule has 0 fully saturated rings. The molecule has 0 saturated heterocycles. The van der Waals surface area contributed by atoms with E-state index in [1.54, 1.807) is 12.1 Å². The SMILES string of the molecule is COC(=O)c1ccc(C(N)CC(C)(C)C)o1. The standard InChI is InChI=1S/C12H19NO3/c1-12(2,3)7-8(13)9-5-6-10(16-9)11(14)15-4/h5-6,8H,7,13H2,1-4H3. The number of rotatable bonds is 3. The fourth-order valence-electron chi connectivity index (χ4n) is 1.52. The molecule has 2 N–H and O–H groups in total. The van der Waals surface area contributed by atoms with E-state index in [0.717, 1.165) is 6.42 Å². The van der Waals surface area contributed by atoms with Crippen molar-refractivity contribution < 1.29 is 13.9 Å². The molecule has 1 aromatic rings. The third-order valence-corrected chi connectivity index (χ3v) is 2.21. The molecule has 90 valence electrons. The van der Waals surface area contributed by atoms with Gasteiger partial charge in [-0.3, -0.25) is 0 Å². The normalized spacial score (nSPS) is 13.6. The number of esters is 1. The summed E-state index contributed by atoms with van der Waals surface area (Å²) in [5, 5.41) is 0. The van der Waals surface area contributed by atoms with Gasteiger partial charge in [-0.1, -0.05) is 20.8 Å². The van der Waals surface area contributed by atoms with Crippen molar-refractivity contribution in [2.45, 2.75) is 33.2 Å². The minimum Gasteiger partial charge on any atom is -0.463 e. The first kappa shape index (κ1) is 12.8.